The van der Waals surface area contributed by atoms with Gasteiger partial charge in [-0.25, -0.2) is 0 Å². The van der Waals surface area contributed by atoms with Gasteiger partial charge in [-0.2, -0.15) is 5.26 Å². The van der Waals surface area contributed by atoms with Crippen molar-refractivity contribution in [2.75, 3.05) is 24.6 Å². The number of nitrogens with zero attached hydrogens (tertiary/aromatic N) is 2. The Hall–Kier alpha value is -1.53. The minimum Gasteiger partial charge on any atom is -0.395 e. The zero-order valence-electron chi connectivity index (χ0n) is 9.90. The molecule has 0 aliphatic heterocycles. The molecule has 3 heteroatoms. The van der Waals surface area contributed by atoms with Crippen LogP contribution in [-0.2, 0) is 0 Å². The summed E-state index contributed by atoms with van der Waals surface area (Å²) in [4.78, 5) is 2.05. The van der Waals surface area contributed by atoms with E-state index in [0.29, 0.717) is 12.1 Å². The molecule has 1 N–H and O–H groups in total. The lowest BCUT2D eigenvalue weighted by Gasteiger charge is -2.24. The van der Waals surface area contributed by atoms with Crippen molar-refractivity contribution in [1.29, 1.82) is 5.26 Å². The van der Waals surface area contributed by atoms with Crippen molar-refractivity contribution in [3.63, 3.8) is 0 Å². The summed E-state index contributed by atoms with van der Waals surface area (Å²) in [6.07, 6.45) is 0.999. The Morgan fingerprint density at radius 1 is 1.38 bits per heavy atom. The fourth-order valence-electron chi connectivity index (χ4n) is 1.76. The molecule has 0 heterocycles. The highest BCUT2D eigenvalue weighted by atomic mass is 16.3. The molecule has 1 rings (SSSR count). The predicted molar refractivity (Wildman–Crippen MR) is 65.5 cm³/mol. The van der Waals surface area contributed by atoms with E-state index < -0.39 is 0 Å². The summed E-state index contributed by atoms with van der Waals surface area (Å²) >= 11 is 0. The van der Waals surface area contributed by atoms with Crippen LogP contribution in [0.15, 0.2) is 18.2 Å². The van der Waals surface area contributed by atoms with Gasteiger partial charge in [0.25, 0.3) is 0 Å². The fraction of sp³-hybridized carbons (Fsp3) is 0.462. The molecule has 0 atom stereocenters. The molecule has 0 spiro atoms. The van der Waals surface area contributed by atoms with Gasteiger partial charge in [-0.1, -0.05) is 13.0 Å². The molecule has 16 heavy (non-hydrogen) atoms. The largest absolute Gasteiger partial charge is 0.395 e. The number of aliphatic hydroxyl groups is 1. The normalized spacial score (nSPS) is 9.88. The van der Waals surface area contributed by atoms with Gasteiger partial charge in [-0.15, -0.1) is 0 Å². The lowest BCUT2D eigenvalue weighted by Crippen LogP contribution is -2.28. The Morgan fingerprint density at radius 3 is 2.69 bits per heavy atom. The van der Waals surface area contributed by atoms with E-state index in [1.54, 1.807) is 0 Å². The molecule has 0 amide bonds. The molecule has 0 aromatic heterocycles. The number of aliphatic hydroxyl groups excluding tert-OH is 1. The summed E-state index contributed by atoms with van der Waals surface area (Å²) in [5.41, 5.74) is 2.69. The van der Waals surface area contributed by atoms with Crippen molar-refractivity contribution in [3.8, 4) is 6.07 Å². The van der Waals surface area contributed by atoms with Gasteiger partial charge in [0.2, 0.25) is 0 Å². The van der Waals surface area contributed by atoms with Gasteiger partial charge >= 0.3 is 0 Å². The van der Waals surface area contributed by atoms with Crippen molar-refractivity contribution in [3.05, 3.63) is 29.3 Å². The monoisotopic (exact) mass is 218 g/mol. The van der Waals surface area contributed by atoms with Crippen LogP contribution < -0.4 is 4.90 Å². The summed E-state index contributed by atoms with van der Waals surface area (Å²) < 4.78 is 0. The van der Waals surface area contributed by atoms with E-state index in [9.17, 15) is 0 Å². The average Bonchev–Trinajstić information content (AvgIpc) is 2.28. The molecule has 0 saturated carbocycles. The molecule has 0 aliphatic rings. The number of benzene rings is 1. The van der Waals surface area contributed by atoms with Crippen LogP contribution in [0.5, 0.6) is 0 Å². The van der Waals surface area contributed by atoms with Crippen molar-refractivity contribution < 1.29 is 5.11 Å². The summed E-state index contributed by atoms with van der Waals surface area (Å²) in [6, 6.07) is 8.05. The van der Waals surface area contributed by atoms with Crippen LogP contribution in [0, 0.1) is 18.3 Å². The second kappa shape index (κ2) is 6.14. The quantitative estimate of drug-likeness (QED) is 0.823. The predicted octanol–water partition coefficient (Wildman–Crippen LogP) is 2.08. The van der Waals surface area contributed by atoms with Crippen molar-refractivity contribution in [1.82, 2.24) is 0 Å². The topological polar surface area (TPSA) is 47.3 Å². The van der Waals surface area contributed by atoms with Gasteiger partial charge in [-0.05, 0) is 31.0 Å². The standard InChI is InChI=1S/C13H18N2O/c1-3-6-15(7-8-16)13-5-4-11(2)9-12(13)10-14/h4-5,9,16H,3,6-8H2,1-2H3. The zero-order chi connectivity index (χ0) is 12.0. The van der Waals surface area contributed by atoms with Gasteiger partial charge in [0.15, 0.2) is 0 Å². The van der Waals surface area contributed by atoms with Crippen LogP contribution in [0.25, 0.3) is 0 Å². The minimum absolute atomic E-state index is 0.110. The molecule has 0 bridgehead atoms. The van der Waals surface area contributed by atoms with Crippen LogP contribution in [0.4, 0.5) is 5.69 Å². The van der Waals surface area contributed by atoms with E-state index >= 15 is 0 Å². The molecule has 0 fully saturated rings. The third-order valence-corrected chi connectivity index (χ3v) is 2.48. The fourth-order valence-corrected chi connectivity index (χ4v) is 1.76. The molecular formula is C13H18N2O. The molecule has 0 saturated heterocycles. The first-order chi connectivity index (χ1) is 7.72. The Kier molecular flexibility index (Phi) is 4.81. The first kappa shape index (κ1) is 12.5. The SMILES string of the molecule is CCCN(CCO)c1ccc(C)cc1C#N. The second-order valence-electron chi connectivity index (χ2n) is 3.84. The molecule has 1 aromatic rings. The summed E-state index contributed by atoms with van der Waals surface area (Å²) in [7, 11) is 0. The van der Waals surface area contributed by atoms with Gasteiger partial charge in [-0.3, -0.25) is 0 Å². The van der Waals surface area contributed by atoms with Crippen LogP contribution in [0.2, 0.25) is 0 Å². The van der Waals surface area contributed by atoms with Crippen molar-refractivity contribution >= 4 is 5.69 Å². The van der Waals surface area contributed by atoms with Gasteiger partial charge in [0, 0.05) is 13.1 Å². The summed E-state index contributed by atoms with van der Waals surface area (Å²) in [5.74, 6) is 0. The Bertz CT molecular complexity index is 376. The average molecular weight is 218 g/mol. The van der Waals surface area contributed by atoms with E-state index in [-0.39, 0.29) is 6.61 Å². The molecule has 0 aliphatic carbocycles. The first-order valence-corrected chi connectivity index (χ1v) is 5.59. The van der Waals surface area contributed by atoms with E-state index in [1.807, 2.05) is 25.1 Å². The van der Waals surface area contributed by atoms with E-state index in [2.05, 4.69) is 17.9 Å². The van der Waals surface area contributed by atoms with Gasteiger partial charge in [0.05, 0.1) is 17.9 Å². The Labute approximate surface area is 96.9 Å². The van der Waals surface area contributed by atoms with Gasteiger partial charge in [0.1, 0.15) is 6.07 Å². The summed E-state index contributed by atoms with van der Waals surface area (Å²) in [5, 5.41) is 18.1. The molecule has 1 aromatic carbocycles. The van der Waals surface area contributed by atoms with Crippen LogP contribution in [-0.4, -0.2) is 24.8 Å². The van der Waals surface area contributed by atoms with Crippen molar-refractivity contribution in [2.45, 2.75) is 20.3 Å². The van der Waals surface area contributed by atoms with Crippen molar-refractivity contribution in [2.24, 2.45) is 0 Å². The minimum atomic E-state index is 0.110. The summed E-state index contributed by atoms with van der Waals surface area (Å²) in [6.45, 7) is 5.61. The van der Waals surface area contributed by atoms with Crippen LogP contribution in [0.1, 0.15) is 24.5 Å². The third kappa shape index (κ3) is 2.98. The number of rotatable bonds is 5. The lowest BCUT2D eigenvalue weighted by atomic mass is 10.1. The second-order valence-corrected chi connectivity index (χ2v) is 3.84. The van der Waals surface area contributed by atoms with E-state index in [1.165, 1.54) is 0 Å². The van der Waals surface area contributed by atoms with Gasteiger partial charge < -0.3 is 10.0 Å². The first-order valence-electron chi connectivity index (χ1n) is 5.59. The van der Waals surface area contributed by atoms with Crippen LogP contribution in [0.3, 0.4) is 0 Å². The number of aryl methyl sites for hydroxylation is 1. The molecular weight excluding hydrogens is 200 g/mol. The maximum absolute atomic E-state index is 9.09. The third-order valence-electron chi connectivity index (χ3n) is 2.48. The lowest BCUT2D eigenvalue weighted by molar-refractivity contribution is 0.302. The number of anilines is 1. The molecule has 0 unspecified atom stereocenters. The number of hydrogen-bond acceptors (Lipinski definition) is 3. The maximum atomic E-state index is 9.09. The highest BCUT2D eigenvalue weighted by Crippen LogP contribution is 2.21. The number of nitriles is 1. The van der Waals surface area contributed by atoms with Crippen LogP contribution >= 0.6 is 0 Å². The van der Waals surface area contributed by atoms with E-state index in [4.69, 9.17) is 10.4 Å². The Morgan fingerprint density at radius 2 is 2.12 bits per heavy atom. The maximum Gasteiger partial charge on any atom is 0.101 e. The molecule has 86 valence electrons. The molecule has 0 radical (unpaired) electrons. The zero-order valence-corrected chi connectivity index (χ0v) is 9.90. The Balaban J connectivity index is 3.03. The smallest absolute Gasteiger partial charge is 0.101 e. The van der Waals surface area contributed by atoms with E-state index in [0.717, 1.165) is 24.2 Å². The highest BCUT2D eigenvalue weighted by molar-refractivity contribution is 5.60. The highest BCUT2D eigenvalue weighted by Gasteiger charge is 2.09. The molecule has 3 nitrogen and oxygen atoms in total. The number of hydrogen-bond donors (Lipinski definition) is 1.